The predicted octanol–water partition coefficient (Wildman–Crippen LogP) is 20.8. The van der Waals surface area contributed by atoms with Crippen LogP contribution in [0.3, 0.4) is 0 Å². The second kappa shape index (κ2) is 20.4. The van der Waals surface area contributed by atoms with Gasteiger partial charge in [0.25, 0.3) is 6.71 Å². The van der Waals surface area contributed by atoms with Gasteiger partial charge in [-0.1, -0.05) is 282 Å². The van der Waals surface area contributed by atoms with E-state index in [1.807, 2.05) is 0 Å². The van der Waals surface area contributed by atoms with Crippen LogP contribution in [0.4, 0.5) is 34.1 Å². The average Bonchev–Trinajstić information content (AvgIpc) is 0.797. The van der Waals surface area contributed by atoms with Gasteiger partial charge < -0.3 is 14.4 Å². The first-order valence-corrected chi connectivity index (χ1v) is 30.8. The third kappa shape index (κ3) is 8.13. The number of rotatable bonds is 8. The van der Waals surface area contributed by atoms with Gasteiger partial charge in [-0.15, -0.1) is 0 Å². The van der Waals surface area contributed by atoms with Crippen molar-refractivity contribution in [3.63, 3.8) is 0 Å². The molecule has 0 amide bonds. The molecule has 0 atom stereocenters. The van der Waals surface area contributed by atoms with Crippen LogP contribution in [0.5, 0.6) is 0 Å². The van der Waals surface area contributed by atoms with Crippen molar-refractivity contribution in [3.8, 4) is 61.3 Å². The summed E-state index contributed by atoms with van der Waals surface area (Å²) in [6.07, 6.45) is 0. The van der Waals surface area contributed by atoms with E-state index in [0.29, 0.717) is 0 Å². The molecule has 0 fully saturated rings. The van der Waals surface area contributed by atoms with Gasteiger partial charge in [0.1, 0.15) is 0 Å². The monoisotopic (exact) mass is 1120 g/mol. The van der Waals surface area contributed by atoms with E-state index in [0.717, 1.165) is 78.6 Å². The minimum Gasteiger partial charge on any atom is -0.310 e. The van der Waals surface area contributed by atoms with Gasteiger partial charge in [-0.3, -0.25) is 0 Å². The molecule has 15 aromatic rings. The molecule has 0 N–H and O–H groups in total. The van der Waals surface area contributed by atoms with E-state index >= 15 is 0 Å². The summed E-state index contributed by atoms with van der Waals surface area (Å²) in [6, 6.07) is 116. The van der Waals surface area contributed by atoms with Crippen molar-refractivity contribution in [1.82, 2.24) is 4.57 Å². The van der Waals surface area contributed by atoms with E-state index in [2.05, 4.69) is 345 Å². The number of anilines is 6. The summed E-state index contributed by atoms with van der Waals surface area (Å²) in [5.74, 6) is 0. The fourth-order valence-electron chi connectivity index (χ4n) is 14.7. The topological polar surface area (TPSA) is 11.4 Å². The van der Waals surface area contributed by atoms with Crippen LogP contribution in [0, 0.1) is 0 Å². The van der Waals surface area contributed by atoms with Crippen LogP contribution >= 0.6 is 0 Å². The molecule has 3 nitrogen and oxygen atoms in total. The van der Waals surface area contributed by atoms with Gasteiger partial charge in [-0.2, -0.15) is 0 Å². The molecule has 17 rings (SSSR count). The van der Waals surface area contributed by atoms with Gasteiger partial charge in [0, 0.05) is 61.5 Å². The zero-order valence-electron chi connectivity index (χ0n) is 49.4. The summed E-state index contributed by atoms with van der Waals surface area (Å²) < 4.78 is 2.49. The van der Waals surface area contributed by atoms with Crippen LogP contribution in [0.25, 0.3) is 105 Å². The number of nitrogens with zero attached hydrogens (tertiary/aromatic N) is 3. The fourth-order valence-corrected chi connectivity index (χ4v) is 14.7. The van der Waals surface area contributed by atoms with Gasteiger partial charge in [0.05, 0.1) is 22.4 Å². The Morgan fingerprint density at radius 1 is 0.295 bits per heavy atom. The SMILES string of the molecule is CC(C)(C)c1cc2c3c(c1)N(c1c(-c4ccccc4)cccc1-c1ccccc1)c1cc(-n4c5ccccc5c5ccccc54)ccc1B3c1ccc(-c3c4ccccc4cc4ccccc34)cc1N2c1c(-c2ccccc2)cccc1-c1ccccc1. The Labute approximate surface area is 514 Å². The van der Waals surface area contributed by atoms with Gasteiger partial charge in [0.2, 0.25) is 0 Å². The zero-order chi connectivity index (χ0) is 58.6. The Kier molecular flexibility index (Phi) is 11.9. The van der Waals surface area contributed by atoms with Crippen LogP contribution in [-0.4, -0.2) is 11.3 Å². The lowest BCUT2D eigenvalue weighted by atomic mass is 9.33. The molecule has 0 aliphatic carbocycles. The summed E-state index contributed by atoms with van der Waals surface area (Å²) >= 11 is 0. The van der Waals surface area contributed by atoms with Crippen LogP contribution < -0.4 is 26.2 Å². The van der Waals surface area contributed by atoms with E-state index in [-0.39, 0.29) is 12.1 Å². The highest BCUT2D eigenvalue weighted by molar-refractivity contribution is 7.00. The molecule has 0 spiro atoms. The van der Waals surface area contributed by atoms with Crippen molar-refractivity contribution >= 4 is 101 Å². The lowest BCUT2D eigenvalue weighted by molar-refractivity contribution is 0.590. The standard InChI is InChI=1S/C84H60BN3/c1-84(2,3)62-52-78-81-79(53-62)88(83-68(57-30-12-6-13-31-57)42-25-43-69(83)58-32-14-7-15-33-58)77-54-63(86-74-44-22-20-38-70(74)71-39-21-23-45-75(71)86)47-49-73(77)85(81)72-48-46-61(80-64-36-18-16-34-59(64)50-60-35-17-19-37-65(60)80)51-76(72)87(78)82-66(55-26-8-4-9-27-55)40-24-41-67(82)56-28-10-5-11-29-56/h4-54H,1-3H3. The lowest BCUT2D eigenvalue weighted by Crippen LogP contribution is -2.61. The van der Waals surface area contributed by atoms with Gasteiger partial charge in [-0.05, 0) is 131 Å². The molecular formula is C84H60BN3. The summed E-state index contributed by atoms with van der Waals surface area (Å²) in [7, 11) is 0. The maximum Gasteiger partial charge on any atom is 0.252 e. The van der Waals surface area contributed by atoms with Crippen LogP contribution in [0.2, 0.25) is 0 Å². The van der Waals surface area contributed by atoms with E-state index in [1.165, 1.54) is 82.1 Å². The minimum absolute atomic E-state index is 0.185. The molecule has 1 aromatic heterocycles. The van der Waals surface area contributed by atoms with Crippen molar-refractivity contribution in [1.29, 1.82) is 0 Å². The molecular weight excluding hydrogens is 1060 g/mol. The second-order valence-corrected chi connectivity index (χ2v) is 24.7. The number of hydrogen-bond donors (Lipinski definition) is 0. The molecule has 0 radical (unpaired) electrons. The van der Waals surface area contributed by atoms with Crippen LogP contribution in [0.1, 0.15) is 26.3 Å². The quantitative estimate of drug-likeness (QED) is 0.111. The van der Waals surface area contributed by atoms with E-state index < -0.39 is 0 Å². The van der Waals surface area contributed by atoms with E-state index in [9.17, 15) is 0 Å². The Hall–Kier alpha value is -10.9. The Morgan fingerprint density at radius 2 is 0.682 bits per heavy atom. The number of benzene rings is 14. The maximum absolute atomic E-state index is 2.69. The lowest BCUT2D eigenvalue weighted by Gasteiger charge is -2.46. The highest BCUT2D eigenvalue weighted by Gasteiger charge is 2.46. The summed E-state index contributed by atoms with van der Waals surface area (Å²) in [6.45, 7) is 6.96. The third-order valence-electron chi connectivity index (χ3n) is 18.7. The average molecular weight is 1120 g/mol. The van der Waals surface area contributed by atoms with Gasteiger partial charge >= 0.3 is 0 Å². The predicted molar refractivity (Wildman–Crippen MR) is 376 cm³/mol. The fraction of sp³-hybridized carbons (Fsp3) is 0.0476. The van der Waals surface area contributed by atoms with Gasteiger partial charge in [0.15, 0.2) is 0 Å². The smallest absolute Gasteiger partial charge is 0.252 e. The Bertz CT molecular complexity index is 5030. The van der Waals surface area contributed by atoms with E-state index in [4.69, 9.17) is 0 Å². The Morgan fingerprint density at radius 3 is 1.12 bits per heavy atom. The first kappa shape index (κ1) is 51.5. The highest BCUT2D eigenvalue weighted by Crippen LogP contribution is 2.54. The number of fused-ring (bicyclic) bond motifs is 9. The van der Waals surface area contributed by atoms with Crippen LogP contribution in [-0.2, 0) is 5.41 Å². The molecule has 88 heavy (non-hydrogen) atoms. The van der Waals surface area contributed by atoms with Gasteiger partial charge in [-0.25, -0.2) is 0 Å². The number of hydrogen-bond acceptors (Lipinski definition) is 2. The molecule has 0 unspecified atom stereocenters. The summed E-state index contributed by atoms with van der Waals surface area (Å²) in [4.78, 5) is 5.38. The van der Waals surface area contributed by atoms with Crippen molar-refractivity contribution in [3.05, 3.63) is 315 Å². The third-order valence-corrected chi connectivity index (χ3v) is 18.7. The Balaban J connectivity index is 1.05. The summed E-state index contributed by atoms with van der Waals surface area (Å²) in [5.41, 5.74) is 26.8. The highest BCUT2D eigenvalue weighted by atomic mass is 15.2. The van der Waals surface area contributed by atoms with Crippen LogP contribution in [0.15, 0.2) is 309 Å². The maximum atomic E-state index is 2.69. The minimum atomic E-state index is -0.282. The van der Waals surface area contributed by atoms with E-state index in [1.54, 1.807) is 0 Å². The largest absolute Gasteiger partial charge is 0.310 e. The molecule has 0 saturated carbocycles. The molecule has 414 valence electrons. The number of para-hydroxylation sites is 4. The molecule has 0 saturated heterocycles. The van der Waals surface area contributed by atoms with Crippen molar-refractivity contribution in [2.24, 2.45) is 0 Å². The molecule has 14 aromatic carbocycles. The number of aromatic nitrogens is 1. The first-order valence-electron chi connectivity index (χ1n) is 30.8. The molecule has 2 aliphatic rings. The molecule has 4 heteroatoms. The molecule has 3 heterocycles. The molecule has 2 aliphatic heterocycles. The zero-order valence-corrected chi connectivity index (χ0v) is 49.4. The van der Waals surface area contributed by atoms with Crippen molar-refractivity contribution < 1.29 is 0 Å². The first-order chi connectivity index (χ1) is 43.3. The normalized spacial score (nSPS) is 12.6. The van der Waals surface area contributed by atoms with Crippen molar-refractivity contribution in [2.45, 2.75) is 26.2 Å². The molecule has 0 bridgehead atoms. The van der Waals surface area contributed by atoms with Crippen molar-refractivity contribution in [2.75, 3.05) is 9.80 Å². The second-order valence-electron chi connectivity index (χ2n) is 24.7. The summed E-state index contributed by atoms with van der Waals surface area (Å²) in [5, 5.41) is 7.39.